The Labute approximate surface area is 158 Å². The molecule has 0 spiro atoms. The standard InChI is InChI=1S/C17H24ClN3O4S/c18-13-5-3-12(4-6-13)16-10-21-9-14(8-15(21)11-25-16)20-17(22)2-1-7-26(19,23)24/h3-6,14-16H,1-2,7-11H2,(H,20,22)(H2,19,23,24)/t14-,15+,16-/m1/s1. The van der Waals surface area contributed by atoms with Crippen LogP contribution in [0.4, 0.5) is 0 Å². The second-order valence-electron chi connectivity index (χ2n) is 6.95. The lowest BCUT2D eigenvalue weighted by Gasteiger charge is -2.35. The number of sulfonamides is 1. The average molecular weight is 402 g/mol. The molecule has 1 amide bonds. The highest BCUT2D eigenvalue weighted by atomic mass is 35.5. The molecule has 0 aromatic heterocycles. The van der Waals surface area contributed by atoms with Crippen molar-refractivity contribution in [2.45, 2.75) is 37.5 Å². The van der Waals surface area contributed by atoms with E-state index in [2.05, 4.69) is 10.2 Å². The number of rotatable bonds is 6. The van der Waals surface area contributed by atoms with E-state index in [1.165, 1.54) is 0 Å². The van der Waals surface area contributed by atoms with Gasteiger partial charge in [-0.2, -0.15) is 0 Å². The Kier molecular flexibility index (Phi) is 6.19. The van der Waals surface area contributed by atoms with Crippen LogP contribution < -0.4 is 10.5 Å². The smallest absolute Gasteiger partial charge is 0.220 e. The molecule has 2 fully saturated rings. The van der Waals surface area contributed by atoms with Crippen molar-refractivity contribution < 1.29 is 17.9 Å². The van der Waals surface area contributed by atoms with Crippen LogP contribution in [0.15, 0.2) is 24.3 Å². The molecule has 3 rings (SSSR count). The van der Waals surface area contributed by atoms with Crippen molar-refractivity contribution in [3.05, 3.63) is 34.9 Å². The monoisotopic (exact) mass is 401 g/mol. The minimum absolute atomic E-state index is 0.00716. The molecule has 2 aliphatic rings. The molecule has 0 radical (unpaired) electrons. The molecule has 2 aliphatic heterocycles. The quantitative estimate of drug-likeness (QED) is 0.741. The van der Waals surface area contributed by atoms with Crippen molar-refractivity contribution in [3.63, 3.8) is 0 Å². The second kappa shape index (κ2) is 8.22. The normalized spacial score (nSPS) is 26.5. The summed E-state index contributed by atoms with van der Waals surface area (Å²) in [6.45, 7) is 2.19. The second-order valence-corrected chi connectivity index (χ2v) is 9.12. The molecule has 1 aromatic rings. The van der Waals surface area contributed by atoms with Gasteiger partial charge in [-0.15, -0.1) is 0 Å². The van der Waals surface area contributed by atoms with Crippen molar-refractivity contribution >= 4 is 27.5 Å². The number of benzene rings is 1. The van der Waals surface area contributed by atoms with Crippen LogP contribution >= 0.6 is 11.6 Å². The molecule has 0 saturated carbocycles. The predicted octanol–water partition coefficient (Wildman–Crippen LogP) is 1.04. The van der Waals surface area contributed by atoms with Crippen molar-refractivity contribution in [2.75, 3.05) is 25.4 Å². The van der Waals surface area contributed by atoms with Crippen molar-refractivity contribution in [2.24, 2.45) is 5.14 Å². The highest BCUT2D eigenvalue weighted by Gasteiger charge is 2.38. The summed E-state index contributed by atoms with van der Waals surface area (Å²) < 4.78 is 27.8. The van der Waals surface area contributed by atoms with Gasteiger partial charge in [-0.05, 0) is 30.5 Å². The Bertz CT molecular complexity index is 741. The van der Waals surface area contributed by atoms with Crippen LogP contribution in [0, 0.1) is 0 Å². The Morgan fingerprint density at radius 1 is 1.31 bits per heavy atom. The maximum absolute atomic E-state index is 12.0. The van der Waals surface area contributed by atoms with Crippen LogP contribution in [-0.2, 0) is 19.6 Å². The first kappa shape index (κ1) is 19.6. The molecule has 0 bridgehead atoms. The lowest BCUT2D eigenvalue weighted by Crippen LogP contribution is -2.43. The fourth-order valence-electron chi connectivity index (χ4n) is 3.59. The van der Waals surface area contributed by atoms with Gasteiger partial charge >= 0.3 is 0 Å². The SMILES string of the molecule is NS(=O)(=O)CCCC(=O)N[C@@H]1C[C@H]2CO[C@@H](c3ccc(Cl)cc3)CN2C1. The number of morpholine rings is 1. The van der Waals surface area contributed by atoms with Gasteiger partial charge in [-0.25, -0.2) is 13.6 Å². The number of carbonyl (C=O) groups excluding carboxylic acids is 1. The molecule has 0 unspecified atom stereocenters. The summed E-state index contributed by atoms with van der Waals surface area (Å²) >= 11 is 5.94. The third kappa shape index (κ3) is 5.40. The van der Waals surface area contributed by atoms with Crippen LogP contribution in [0.3, 0.4) is 0 Å². The first-order valence-corrected chi connectivity index (χ1v) is 10.8. The maximum atomic E-state index is 12.0. The van der Waals surface area contributed by atoms with E-state index >= 15 is 0 Å². The number of nitrogens with one attached hydrogen (secondary N) is 1. The Morgan fingerprint density at radius 2 is 2.04 bits per heavy atom. The number of fused-ring (bicyclic) bond motifs is 1. The lowest BCUT2D eigenvalue weighted by atomic mass is 10.1. The first-order valence-electron chi connectivity index (χ1n) is 8.71. The molecule has 9 heteroatoms. The molecular formula is C17H24ClN3O4S. The largest absolute Gasteiger partial charge is 0.371 e. The summed E-state index contributed by atoms with van der Waals surface area (Å²) in [4.78, 5) is 14.3. The summed E-state index contributed by atoms with van der Waals surface area (Å²) in [6, 6.07) is 8.05. The number of nitrogens with two attached hydrogens (primary N) is 1. The van der Waals surface area contributed by atoms with E-state index in [4.69, 9.17) is 21.5 Å². The van der Waals surface area contributed by atoms with Crippen molar-refractivity contribution in [3.8, 4) is 0 Å². The molecule has 1 aromatic carbocycles. The highest BCUT2D eigenvalue weighted by Crippen LogP contribution is 2.30. The van der Waals surface area contributed by atoms with Crippen LogP contribution in [0.5, 0.6) is 0 Å². The number of ether oxygens (including phenoxy) is 1. The van der Waals surface area contributed by atoms with E-state index in [0.717, 1.165) is 25.1 Å². The third-order valence-electron chi connectivity index (χ3n) is 4.86. The van der Waals surface area contributed by atoms with Gasteiger partial charge in [-0.1, -0.05) is 23.7 Å². The molecule has 3 N–H and O–H groups in total. The zero-order valence-corrected chi connectivity index (χ0v) is 16.0. The first-order chi connectivity index (χ1) is 12.3. The van der Waals surface area contributed by atoms with E-state index in [1.54, 1.807) is 0 Å². The Hall–Kier alpha value is -1.19. The fraction of sp³-hybridized carbons (Fsp3) is 0.588. The van der Waals surface area contributed by atoms with Gasteiger partial charge in [-0.3, -0.25) is 9.69 Å². The Balaban J connectivity index is 1.47. The zero-order valence-electron chi connectivity index (χ0n) is 14.4. The number of nitrogens with zero attached hydrogens (tertiary/aromatic N) is 1. The van der Waals surface area contributed by atoms with Gasteiger partial charge in [0.05, 0.1) is 18.5 Å². The maximum Gasteiger partial charge on any atom is 0.220 e. The number of hydrogen-bond acceptors (Lipinski definition) is 5. The summed E-state index contributed by atoms with van der Waals surface area (Å²) in [6.07, 6.45) is 1.26. The van der Waals surface area contributed by atoms with Gasteiger partial charge in [0.25, 0.3) is 0 Å². The molecule has 7 nitrogen and oxygen atoms in total. The molecule has 2 heterocycles. The molecule has 144 valence electrons. The fourth-order valence-corrected chi connectivity index (χ4v) is 4.26. The molecular weight excluding hydrogens is 378 g/mol. The number of amides is 1. The van der Waals surface area contributed by atoms with E-state index in [-0.39, 0.29) is 36.6 Å². The van der Waals surface area contributed by atoms with Crippen LogP contribution in [0.2, 0.25) is 5.02 Å². The molecule has 2 saturated heterocycles. The van der Waals surface area contributed by atoms with Gasteiger partial charge in [0.2, 0.25) is 15.9 Å². The highest BCUT2D eigenvalue weighted by molar-refractivity contribution is 7.89. The minimum Gasteiger partial charge on any atom is -0.371 e. The van der Waals surface area contributed by atoms with Gasteiger partial charge in [0, 0.05) is 36.6 Å². The summed E-state index contributed by atoms with van der Waals surface area (Å²) in [7, 11) is -3.51. The summed E-state index contributed by atoms with van der Waals surface area (Å²) in [5.41, 5.74) is 1.10. The van der Waals surface area contributed by atoms with E-state index in [9.17, 15) is 13.2 Å². The molecule has 3 atom stereocenters. The molecule has 0 aliphatic carbocycles. The van der Waals surface area contributed by atoms with Gasteiger partial charge in [0.15, 0.2) is 0 Å². The van der Waals surface area contributed by atoms with Crippen LogP contribution in [0.1, 0.15) is 30.9 Å². The Morgan fingerprint density at radius 3 is 2.73 bits per heavy atom. The topological polar surface area (TPSA) is 102 Å². The van der Waals surface area contributed by atoms with Gasteiger partial charge < -0.3 is 10.1 Å². The average Bonchev–Trinajstić information content (AvgIpc) is 2.95. The predicted molar refractivity (Wildman–Crippen MR) is 99.3 cm³/mol. The third-order valence-corrected chi connectivity index (χ3v) is 5.97. The van der Waals surface area contributed by atoms with Crippen LogP contribution in [-0.4, -0.2) is 56.8 Å². The van der Waals surface area contributed by atoms with E-state index in [1.807, 2.05) is 24.3 Å². The number of hydrogen-bond donors (Lipinski definition) is 2. The van der Waals surface area contributed by atoms with Gasteiger partial charge in [0.1, 0.15) is 0 Å². The zero-order chi connectivity index (χ0) is 18.7. The summed E-state index contributed by atoms with van der Waals surface area (Å²) in [5.74, 6) is -0.301. The minimum atomic E-state index is -3.51. The summed E-state index contributed by atoms with van der Waals surface area (Å²) in [5, 5.41) is 8.64. The van der Waals surface area contributed by atoms with Crippen molar-refractivity contribution in [1.29, 1.82) is 0 Å². The van der Waals surface area contributed by atoms with E-state index in [0.29, 0.717) is 17.7 Å². The van der Waals surface area contributed by atoms with E-state index < -0.39 is 10.0 Å². The lowest BCUT2D eigenvalue weighted by molar-refractivity contribution is -0.121. The molecule has 26 heavy (non-hydrogen) atoms. The number of carbonyl (C=O) groups is 1. The number of primary sulfonamides is 1. The van der Waals surface area contributed by atoms with Crippen LogP contribution in [0.25, 0.3) is 0 Å². The van der Waals surface area contributed by atoms with Crippen molar-refractivity contribution in [1.82, 2.24) is 10.2 Å². The number of halogens is 1.